The lowest BCUT2D eigenvalue weighted by Crippen LogP contribution is -2.42. The second kappa shape index (κ2) is 5.58. The Balaban J connectivity index is 1.87. The molecule has 1 fully saturated rings. The number of nitrogens with one attached hydrogen (secondary N) is 2. The van der Waals surface area contributed by atoms with Gasteiger partial charge in [-0.25, -0.2) is 8.42 Å². The van der Waals surface area contributed by atoms with Crippen molar-refractivity contribution in [2.24, 2.45) is 5.92 Å². The van der Waals surface area contributed by atoms with E-state index >= 15 is 0 Å². The highest BCUT2D eigenvalue weighted by Crippen LogP contribution is 2.32. The van der Waals surface area contributed by atoms with Crippen LogP contribution >= 0.6 is 0 Å². The van der Waals surface area contributed by atoms with Crippen LogP contribution in [0.5, 0.6) is 5.75 Å². The predicted octanol–water partition coefficient (Wildman–Crippen LogP) is 0.756. The summed E-state index contributed by atoms with van der Waals surface area (Å²) < 4.78 is 23.2. The third-order valence-corrected chi connectivity index (χ3v) is 4.15. The molecular weight excluding hydrogens is 268 g/mol. The lowest BCUT2D eigenvalue weighted by Gasteiger charge is -2.08. The number of phenols is 1. The van der Waals surface area contributed by atoms with Crippen molar-refractivity contribution in [1.29, 1.82) is 0 Å². The van der Waals surface area contributed by atoms with E-state index in [1.807, 2.05) is 4.83 Å². The standard InChI is InChI=1S/C12H16N2O4S/c15-11-4-2-1-3-10(11)12(16)13-14-19(17,18)8-7-9-5-6-9/h1-4,9,14-15H,5-8H2,(H,13,16). The molecule has 104 valence electrons. The lowest BCUT2D eigenvalue weighted by atomic mass is 10.2. The fourth-order valence-electron chi connectivity index (χ4n) is 1.64. The number of carbonyl (C=O) groups excluding carboxylic acids is 1. The number of benzene rings is 1. The fourth-order valence-corrected chi connectivity index (χ4v) is 2.63. The smallest absolute Gasteiger partial charge is 0.269 e. The number of phenolic OH excluding ortho intramolecular Hbond substituents is 1. The number of amides is 1. The molecule has 0 unspecified atom stereocenters. The normalized spacial score (nSPS) is 15.2. The van der Waals surface area contributed by atoms with Crippen LogP contribution in [0.15, 0.2) is 24.3 Å². The SMILES string of the molecule is O=C(NNS(=O)(=O)CCC1CC1)c1ccccc1O. The molecule has 1 aromatic carbocycles. The zero-order valence-corrected chi connectivity index (χ0v) is 11.1. The zero-order valence-electron chi connectivity index (χ0n) is 10.3. The molecule has 1 saturated carbocycles. The van der Waals surface area contributed by atoms with E-state index in [2.05, 4.69) is 5.43 Å². The van der Waals surface area contributed by atoms with E-state index in [-0.39, 0.29) is 17.1 Å². The molecule has 6 nitrogen and oxygen atoms in total. The van der Waals surface area contributed by atoms with Crippen molar-refractivity contribution in [3.05, 3.63) is 29.8 Å². The summed E-state index contributed by atoms with van der Waals surface area (Å²) in [7, 11) is -3.52. The van der Waals surface area contributed by atoms with E-state index in [1.165, 1.54) is 12.1 Å². The quantitative estimate of drug-likeness (QED) is 0.672. The Bertz CT molecular complexity index is 567. The Labute approximate surface area is 111 Å². The summed E-state index contributed by atoms with van der Waals surface area (Å²) in [6, 6.07) is 5.92. The largest absolute Gasteiger partial charge is 0.507 e. The highest BCUT2D eigenvalue weighted by atomic mass is 32.2. The summed E-state index contributed by atoms with van der Waals surface area (Å²) in [4.78, 5) is 13.7. The molecule has 0 radical (unpaired) electrons. The molecule has 7 heteroatoms. The van der Waals surface area contributed by atoms with Crippen LogP contribution in [-0.4, -0.2) is 25.2 Å². The van der Waals surface area contributed by atoms with Crippen LogP contribution in [0, 0.1) is 5.92 Å². The minimum absolute atomic E-state index is 0.00127. The first-order valence-electron chi connectivity index (χ1n) is 6.06. The Hall–Kier alpha value is -1.60. The molecule has 0 spiro atoms. The van der Waals surface area contributed by atoms with Crippen LogP contribution in [0.3, 0.4) is 0 Å². The van der Waals surface area contributed by atoms with Crippen LogP contribution < -0.4 is 10.3 Å². The van der Waals surface area contributed by atoms with Crippen molar-refractivity contribution >= 4 is 15.9 Å². The number of rotatable bonds is 6. The molecule has 0 aromatic heterocycles. The van der Waals surface area contributed by atoms with Gasteiger partial charge in [0, 0.05) is 0 Å². The first-order valence-corrected chi connectivity index (χ1v) is 7.71. The first kappa shape index (κ1) is 13.8. The molecule has 0 heterocycles. The van der Waals surface area contributed by atoms with Crippen molar-refractivity contribution < 1.29 is 18.3 Å². The molecule has 1 aliphatic rings. The van der Waals surface area contributed by atoms with Gasteiger partial charge in [0.15, 0.2) is 0 Å². The molecule has 0 aliphatic heterocycles. The van der Waals surface area contributed by atoms with Crippen LogP contribution in [0.4, 0.5) is 0 Å². The minimum Gasteiger partial charge on any atom is -0.507 e. The maximum absolute atomic E-state index is 11.7. The van der Waals surface area contributed by atoms with Gasteiger partial charge in [0.2, 0.25) is 10.0 Å². The Morgan fingerprint density at radius 2 is 2.00 bits per heavy atom. The number of sulfonamides is 1. The number of hydrazine groups is 1. The predicted molar refractivity (Wildman–Crippen MR) is 69.8 cm³/mol. The van der Waals surface area contributed by atoms with Gasteiger partial charge in [0.05, 0.1) is 11.3 Å². The zero-order chi connectivity index (χ0) is 13.9. The second-order valence-electron chi connectivity index (χ2n) is 4.62. The van der Waals surface area contributed by atoms with Crippen LogP contribution in [0.1, 0.15) is 29.6 Å². The molecule has 1 amide bonds. The monoisotopic (exact) mass is 284 g/mol. The Morgan fingerprint density at radius 3 is 2.63 bits per heavy atom. The van der Waals surface area contributed by atoms with Gasteiger partial charge >= 0.3 is 0 Å². The molecule has 0 saturated heterocycles. The van der Waals surface area contributed by atoms with E-state index in [0.29, 0.717) is 12.3 Å². The molecule has 3 N–H and O–H groups in total. The lowest BCUT2D eigenvalue weighted by molar-refractivity contribution is 0.0942. The van der Waals surface area contributed by atoms with E-state index in [1.54, 1.807) is 12.1 Å². The van der Waals surface area contributed by atoms with Gasteiger partial charge in [-0.05, 0) is 24.5 Å². The Morgan fingerprint density at radius 1 is 1.32 bits per heavy atom. The fraction of sp³-hybridized carbons (Fsp3) is 0.417. The average Bonchev–Trinajstić information content (AvgIpc) is 3.18. The topological polar surface area (TPSA) is 95.5 Å². The summed E-state index contributed by atoms with van der Waals surface area (Å²) in [5.41, 5.74) is 2.11. The number of aromatic hydroxyl groups is 1. The third-order valence-electron chi connectivity index (χ3n) is 2.96. The number of para-hydroxylation sites is 1. The van der Waals surface area contributed by atoms with Gasteiger partial charge in [-0.1, -0.05) is 25.0 Å². The highest BCUT2D eigenvalue weighted by molar-refractivity contribution is 7.89. The number of carbonyl (C=O) groups is 1. The van der Waals surface area contributed by atoms with Gasteiger partial charge in [0.25, 0.3) is 5.91 Å². The highest BCUT2D eigenvalue weighted by Gasteiger charge is 2.24. The molecule has 19 heavy (non-hydrogen) atoms. The van der Waals surface area contributed by atoms with Gasteiger partial charge in [-0.15, -0.1) is 4.83 Å². The molecule has 1 aromatic rings. The van der Waals surface area contributed by atoms with Crippen molar-refractivity contribution in [2.45, 2.75) is 19.3 Å². The maximum Gasteiger partial charge on any atom is 0.269 e. The van der Waals surface area contributed by atoms with Gasteiger partial charge in [-0.3, -0.25) is 10.2 Å². The minimum atomic E-state index is -3.52. The molecule has 0 atom stereocenters. The average molecular weight is 284 g/mol. The number of hydrogen-bond acceptors (Lipinski definition) is 4. The van der Waals surface area contributed by atoms with Crippen LogP contribution in [0.2, 0.25) is 0 Å². The van der Waals surface area contributed by atoms with Gasteiger partial charge < -0.3 is 5.11 Å². The van der Waals surface area contributed by atoms with Gasteiger partial charge in [0.1, 0.15) is 5.75 Å². The second-order valence-corrected chi connectivity index (χ2v) is 6.47. The third kappa shape index (κ3) is 4.22. The van der Waals surface area contributed by atoms with Crippen molar-refractivity contribution in [2.75, 3.05) is 5.75 Å². The van der Waals surface area contributed by atoms with Crippen LogP contribution in [-0.2, 0) is 10.0 Å². The summed E-state index contributed by atoms with van der Waals surface area (Å²) in [5, 5.41) is 9.46. The maximum atomic E-state index is 11.7. The van der Waals surface area contributed by atoms with E-state index < -0.39 is 15.9 Å². The van der Waals surface area contributed by atoms with E-state index in [9.17, 15) is 18.3 Å². The summed E-state index contributed by atoms with van der Waals surface area (Å²) in [6.45, 7) is 0. The van der Waals surface area contributed by atoms with E-state index in [4.69, 9.17) is 0 Å². The molecule has 1 aliphatic carbocycles. The van der Waals surface area contributed by atoms with Crippen molar-refractivity contribution in [1.82, 2.24) is 10.3 Å². The first-order chi connectivity index (χ1) is 8.98. The van der Waals surface area contributed by atoms with Crippen LogP contribution in [0.25, 0.3) is 0 Å². The van der Waals surface area contributed by atoms with E-state index in [0.717, 1.165) is 12.8 Å². The summed E-state index contributed by atoms with van der Waals surface area (Å²) >= 11 is 0. The molecular formula is C12H16N2O4S. The molecule has 0 bridgehead atoms. The summed E-state index contributed by atoms with van der Waals surface area (Å²) in [5.74, 6) is -0.380. The Kier molecular flexibility index (Phi) is 4.06. The summed E-state index contributed by atoms with van der Waals surface area (Å²) in [6.07, 6.45) is 2.78. The van der Waals surface area contributed by atoms with Crippen molar-refractivity contribution in [3.63, 3.8) is 0 Å². The molecule has 2 rings (SSSR count). The number of hydrogen-bond donors (Lipinski definition) is 3. The van der Waals surface area contributed by atoms with Crippen molar-refractivity contribution in [3.8, 4) is 5.75 Å². The van der Waals surface area contributed by atoms with Gasteiger partial charge in [-0.2, -0.15) is 0 Å².